The zero-order valence-corrected chi connectivity index (χ0v) is 12.5. The maximum Gasteiger partial charge on any atom is 0.371 e. The molecule has 91 valence electrons. The fourth-order valence-electron chi connectivity index (χ4n) is 0.643. The summed E-state index contributed by atoms with van der Waals surface area (Å²) in [5.41, 5.74) is 0. The molecule has 0 aromatic rings. The third-order valence-electron chi connectivity index (χ3n) is 1.15. The van der Waals surface area contributed by atoms with Crippen LogP contribution in [0.3, 0.4) is 0 Å². The smallest absolute Gasteiger partial charge is 0.371 e. The van der Waals surface area contributed by atoms with Crippen LogP contribution in [0.1, 0.15) is 0 Å². The van der Waals surface area contributed by atoms with Crippen LogP contribution in [0, 0.1) is 11.8 Å². The number of carbonyl (C=O) groups is 1. The molecule has 0 rings (SSSR count). The van der Waals surface area contributed by atoms with Crippen LogP contribution in [-0.4, -0.2) is 35.9 Å². The van der Waals surface area contributed by atoms with Crippen LogP contribution in [0.5, 0.6) is 0 Å². The first-order chi connectivity index (χ1) is 7.31. The third kappa shape index (κ3) is 11.5. The molecule has 0 aromatic heterocycles. The highest BCUT2D eigenvalue weighted by molar-refractivity contribution is 6.71. The minimum Gasteiger partial charge on any atom is -0.511 e. The van der Waals surface area contributed by atoms with E-state index in [1.54, 1.807) is 0 Å². The normalized spacial score (nSPS) is 10.9. The minimum atomic E-state index is -1.83. The number of rotatable bonds is 5. The lowest BCUT2D eigenvalue weighted by molar-refractivity contribution is -0.271. The van der Waals surface area contributed by atoms with E-state index in [1.807, 2.05) is 19.6 Å². The topological polar surface area (TPSA) is 44.8 Å². The Hall–Kier alpha value is -0.616. The van der Waals surface area contributed by atoms with Crippen molar-refractivity contribution in [3.8, 4) is 11.8 Å². The van der Waals surface area contributed by atoms with Crippen molar-refractivity contribution >= 4 is 23.1 Å². The van der Waals surface area contributed by atoms with Gasteiger partial charge in [0.2, 0.25) is 8.32 Å². The van der Waals surface area contributed by atoms with Crippen LogP contribution in [0.25, 0.3) is 0 Å². The van der Waals surface area contributed by atoms with Crippen molar-refractivity contribution in [2.75, 3.05) is 12.8 Å². The van der Waals surface area contributed by atoms with E-state index in [4.69, 9.17) is 14.2 Å². The van der Waals surface area contributed by atoms with Gasteiger partial charge in [-0.1, -0.05) is 19.0 Å². The van der Waals surface area contributed by atoms with E-state index >= 15 is 0 Å². The summed E-state index contributed by atoms with van der Waals surface area (Å²) in [4.78, 5) is 20.8. The van der Waals surface area contributed by atoms with E-state index in [1.165, 1.54) is 0 Å². The summed E-state index contributed by atoms with van der Waals surface area (Å²) in [6.45, 7) is 10.1. The van der Waals surface area contributed by atoms with E-state index in [-0.39, 0.29) is 6.61 Å². The van der Waals surface area contributed by atoms with Crippen molar-refractivity contribution in [3.05, 3.63) is 0 Å². The quantitative estimate of drug-likeness (QED) is 0.247. The Balaban J connectivity index is 3.65. The molecule has 1 radical (unpaired) electrons. The van der Waals surface area contributed by atoms with E-state index in [0.717, 1.165) is 0 Å². The Kier molecular flexibility index (Phi) is 7.33. The summed E-state index contributed by atoms with van der Waals surface area (Å²) >= 11 is 0. The largest absolute Gasteiger partial charge is 0.511 e. The Morgan fingerprint density at radius 1 is 1.25 bits per heavy atom. The Morgan fingerprint density at radius 2 is 1.88 bits per heavy atom. The molecule has 6 heteroatoms. The van der Waals surface area contributed by atoms with Gasteiger partial charge in [-0.15, -0.1) is 0 Å². The molecule has 0 saturated carbocycles. The van der Waals surface area contributed by atoms with Gasteiger partial charge in [0.1, 0.15) is 6.61 Å². The van der Waals surface area contributed by atoms with Crippen LogP contribution in [0.4, 0.5) is 0 Å². The van der Waals surface area contributed by atoms with Gasteiger partial charge >= 0.3 is 5.97 Å². The van der Waals surface area contributed by atoms with Gasteiger partial charge in [0.05, 0.1) is 15.0 Å². The second-order valence-electron chi connectivity index (χ2n) is 4.54. The standard InChI is InChI=1S/C10H19O4Si2/c1-15(2)9-13-12-8-6-7-10(11)14-16(3,4)5/h8-9H2,1-5H3. The number of hydrogen-bond acceptors (Lipinski definition) is 4. The van der Waals surface area contributed by atoms with Crippen molar-refractivity contribution in [1.29, 1.82) is 0 Å². The maximum absolute atomic E-state index is 11.1. The van der Waals surface area contributed by atoms with E-state index in [2.05, 4.69) is 24.9 Å². The molecule has 0 spiro atoms. The average molecular weight is 259 g/mol. The first-order valence-electron chi connectivity index (χ1n) is 5.06. The molecule has 0 bridgehead atoms. The molecule has 0 atom stereocenters. The van der Waals surface area contributed by atoms with E-state index < -0.39 is 23.1 Å². The van der Waals surface area contributed by atoms with Crippen molar-refractivity contribution in [2.45, 2.75) is 32.7 Å². The summed E-state index contributed by atoms with van der Waals surface area (Å²) in [5, 5.41) is 0. The van der Waals surface area contributed by atoms with Gasteiger partial charge in [0.25, 0.3) is 0 Å². The fraction of sp³-hybridized carbons (Fsp3) is 0.700. The van der Waals surface area contributed by atoms with Crippen LogP contribution in [0.15, 0.2) is 0 Å². The molecular weight excluding hydrogens is 240 g/mol. The van der Waals surface area contributed by atoms with Gasteiger partial charge in [0.15, 0.2) is 0 Å². The molecule has 0 saturated heterocycles. The molecule has 0 heterocycles. The zero-order valence-electron chi connectivity index (χ0n) is 10.5. The van der Waals surface area contributed by atoms with E-state index in [0.29, 0.717) is 6.23 Å². The lowest BCUT2D eigenvalue weighted by atomic mass is 10.6. The predicted molar refractivity (Wildman–Crippen MR) is 66.6 cm³/mol. The monoisotopic (exact) mass is 259 g/mol. The second-order valence-corrected chi connectivity index (χ2v) is 11.7. The molecule has 0 aliphatic carbocycles. The predicted octanol–water partition coefficient (Wildman–Crippen LogP) is 1.61. The molecule has 16 heavy (non-hydrogen) atoms. The van der Waals surface area contributed by atoms with Gasteiger partial charge in [-0.05, 0) is 19.6 Å². The fourth-order valence-corrected chi connectivity index (χ4v) is 1.57. The second kappa shape index (κ2) is 7.62. The third-order valence-corrected chi connectivity index (χ3v) is 2.64. The minimum absolute atomic E-state index is 0.0932. The van der Waals surface area contributed by atoms with Crippen molar-refractivity contribution in [3.63, 3.8) is 0 Å². The molecule has 0 amide bonds. The summed E-state index contributed by atoms with van der Waals surface area (Å²) < 4.78 is 5.12. The summed E-state index contributed by atoms with van der Waals surface area (Å²) in [6.07, 6.45) is 0.617. The highest BCUT2D eigenvalue weighted by Gasteiger charge is 2.18. The number of carbonyl (C=O) groups excluding carboxylic acids is 1. The Labute approximate surface area is 99.9 Å². The van der Waals surface area contributed by atoms with Gasteiger partial charge in [-0.2, -0.15) is 0 Å². The highest BCUT2D eigenvalue weighted by atomic mass is 28.4. The lowest BCUT2D eigenvalue weighted by Gasteiger charge is -2.14. The van der Waals surface area contributed by atoms with Crippen LogP contribution >= 0.6 is 0 Å². The summed E-state index contributed by atoms with van der Waals surface area (Å²) in [7, 11) is -2.27. The molecule has 0 unspecified atom stereocenters. The molecule has 0 aliphatic rings. The van der Waals surface area contributed by atoms with Crippen LogP contribution < -0.4 is 0 Å². The molecule has 0 aromatic carbocycles. The Bertz CT molecular complexity index is 273. The summed E-state index contributed by atoms with van der Waals surface area (Å²) in [5.74, 6) is 4.41. The molecule has 4 nitrogen and oxygen atoms in total. The van der Waals surface area contributed by atoms with Gasteiger partial charge in [0, 0.05) is 5.92 Å². The first-order valence-corrected chi connectivity index (χ1v) is 11.2. The van der Waals surface area contributed by atoms with Crippen molar-refractivity contribution in [2.24, 2.45) is 0 Å². The van der Waals surface area contributed by atoms with Crippen molar-refractivity contribution in [1.82, 2.24) is 0 Å². The molecule has 0 aliphatic heterocycles. The lowest BCUT2D eigenvalue weighted by Crippen LogP contribution is -2.28. The Morgan fingerprint density at radius 3 is 2.38 bits per heavy atom. The summed E-state index contributed by atoms with van der Waals surface area (Å²) in [6, 6.07) is 0. The SMILES string of the molecule is C[Si](C)COOCC#CC(=O)O[Si](C)(C)C. The number of hydrogen-bond donors (Lipinski definition) is 0. The molecule has 0 fully saturated rings. The highest BCUT2D eigenvalue weighted by Crippen LogP contribution is 2.01. The molecule has 0 N–H and O–H groups in total. The van der Waals surface area contributed by atoms with Gasteiger partial charge < -0.3 is 4.43 Å². The van der Waals surface area contributed by atoms with Crippen LogP contribution in [-0.2, 0) is 19.0 Å². The molecular formula is C10H19O4Si2. The van der Waals surface area contributed by atoms with Gasteiger partial charge in [-0.25, -0.2) is 14.6 Å². The van der Waals surface area contributed by atoms with Gasteiger partial charge in [-0.3, -0.25) is 0 Å². The zero-order chi connectivity index (χ0) is 12.6. The van der Waals surface area contributed by atoms with Crippen LogP contribution in [0.2, 0.25) is 32.7 Å². The maximum atomic E-state index is 11.1. The van der Waals surface area contributed by atoms with Crippen molar-refractivity contribution < 1.29 is 19.0 Å². The van der Waals surface area contributed by atoms with E-state index in [9.17, 15) is 4.79 Å². The first kappa shape index (κ1) is 15.4. The average Bonchev–Trinajstić information content (AvgIpc) is 2.07.